The van der Waals surface area contributed by atoms with Gasteiger partial charge in [0, 0.05) is 25.2 Å². The molecule has 2 aromatic carbocycles. The van der Waals surface area contributed by atoms with E-state index in [-0.39, 0.29) is 28.2 Å². The number of piperidine rings is 1. The van der Waals surface area contributed by atoms with Crippen LogP contribution in [0.5, 0.6) is 0 Å². The molecule has 0 radical (unpaired) electrons. The number of hydrazine groups is 1. The molecule has 14 heteroatoms. The number of nitrogens with zero attached hydrogens (tertiary/aromatic N) is 5. The molecule has 13 nitrogen and oxygen atoms in total. The van der Waals surface area contributed by atoms with Gasteiger partial charge in [-0.15, -0.1) is 0 Å². The number of hydrogen-bond acceptors (Lipinski definition) is 7. The first kappa shape index (κ1) is 29.0. The van der Waals surface area contributed by atoms with Gasteiger partial charge < -0.3 is 4.57 Å². The Morgan fingerprint density at radius 2 is 1.67 bits per heavy atom. The third-order valence-corrected chi connectivity index (χ3v) is 9.07. The zero-order valence-electron chi connectivity index (χ0n) is 23.0. The molecular formula is C28H31N7O6S. The predicted octanol–water partition coefficient (Wildman–Crippen LogP) is 1.06. The first-order valence-corrected chi connectivity index (χ1v) is 15.1. The Kier molecular flexibility index (Phi) is 8.36. The molecule has 1 aliphatic heterocycles. The van der Waals surface area contributed by atoms with Gasteiger partial charge in [-0.2, -0.15) is 4.31 Å². The fourth-order valence-electron chi connectivity index (χ4n) is 4.96. The lowest BCUT2D eigenvalue weighted by Gasteiger charge is -2.26. The summed E-state index contributed by atoms with van der Waals surface area (Å²) in [5.74, 6) is -1.58. The van der Waals surface area contributed by atoms with E-state index in [1.165, 1.54) is 39.5 Å². The number of carbonyl (C=O) groups excluding carboxylic acids is 2. The molecule has 2 amide bonds. The number of aromatic nitrogens is 4. The average molecular weight is 594 g/mol. The van der Waals surface area contributed by atoms with E-state index >= 15 is 0 Å². The van der Waals surface area contributed by atoms with Crippen LogP contribution in [0.3, 0.4) is 0 Å². The zero-order valence-corrected chi connectivity index (χ0v) is 23.8. The largest absolute Gasteiger partial charge is 0.333 e. The summed E-state index contributed by atoms with van der Waals surface area (Å²) in [5.41, 5.74) is 4.25. The summed E-state index contributed by atoms with van der Waals surface area (Å²) >= 11 is 0. The molecule has 0 aliphatic carbocycles. The van der Waals surface area contributed by atoms with Crippen molar-refractivity contribution in [3.8, 4) is 0 Å². The summed E-state index contributed by atoms with van der Waals surface area (Å²) in [6, 6.07) is 14.7. The number of amides is 2. The SMILES string of the molecule is CCn1cnc2c1c(=O)n(CC(=O)NNC(=O)c1cccc(S(=O)(=O)N3CCCCC3)c1)c(=O)n2Cc1ccccc1. The molecule has 0 atom stereocenters. The normalized spacial score (nSPS) is 14.1. The maximum absolute atomic E-state index is 13.4. The van der Waals surface area contributed by atoms with Crippen molar-refractivity contribution < 1.29 is 18.0 Å². The Morgan fingerprint density at radius 1 is 0.929 bits per heavy atom. The van der Waals surface area contributed by atoms with Crippen molar-refractivity contribution in [1.29, 1.82) is 0 Å². The van der Waals surface area contributed by atoms with Crippen LogP contribution in [-0.2, 0) is 34.5 Å². The fraction of sp³-hybridized carbons (Fsp3) is 0.321. The van der Waals surface area contributed by atoms with Gasteiger partial charge in [0.25, 0.3) is 17.4 Å². The summed E-state index contributed by atoms with van der Waals surface area (Å²) in [4.78, 5) is 56.6. The molecule has 0 saturated carbocycles. The smallest absolute Gasteiger partial charge is 0.325 e. The summed E-state index contributed by atoms with van der Waals surface area (Å²) < 4.78 is 31.2. The molecule has 2 N–H and O–H groups in total. The minimum absolute atomic E-state index is 0.0176. The van der Waals surface area contributed by atoms with Crippen molar-refractivity contribution in [3.63, 3.8) is 0 Å². The fourth-order valence-corrected chi connectivity index (χ4v) is 6.52. The highest BCUT2D eigenvalue weighted by atomic mass is 32.2. The van der Waals surface area contributed by atoms with Crippen LogP contribution in [0.15, 0.2) is 75.4 Å². The molecule has 220 valence electrons. The Morgan fingerprint density at radius 3 is 2.38 bits per heavy atom. The van der Waals surface area contributed by atoms with Crippen LogP contribution in [0.2, 0.25) is 0 Å². The van der Waals surface area contributed by atoms with Crippen LogP contribution in [-0.4, -0.2) is 56.3 Å². The number of aryl methyl sites for hydroxylation is 1. The molecule has 5 rings (SSSR count). The van der Waals surface area contributed by atoms with E-state index in [0.29, 0.717) is 19.6 Å². The van der Waals surface area contributed by atoms with E-state index in [2.05, 4.69) is 15.8 Å². The number of rotatable bonds is 8. The molecule has 0 unspecified atom stereocenters. The third-order valence-electron chi connectivity index (χ3n) is 7.17. The van der Waals surface area contributed by atoms with Gasteiger partial charge in [-0.05, 0) is 43.5 Å². The maximum atomic E-state index is 13.4. The topological polar surface area (TPSA) is 157 Å². The Hall–Kier alpha value is -4.56. The molecule has 0 spiro atoms. The van der Waals surface area contributed by atoms with Crippen molar-refractivity contribution in [2.45, 2.75) is 50.7 Å². The highest BCUT2D eigenvalue weighted by Gasteiger charge is 2.26. The standard InChI is InChI=1S/C28H31N7O6S/c1-2-32-19-29-25-24(32)27(38)35(28(39)34(25)17-20-10-5-3-6-11-20)18-23(36)30-31-26(37)21-12-9-13-22(16-21)42(40,41)33-14-7-4-8-15-33/h3,5-6,9-13,16,19H,2,4,7-8,14-15,17-18H2,1H3,(H,30,36)(H,31,37). The molecule has 4 aromatic rings. The number of benzene rings is 2. The summed E-state index contributed by atoms with van der Waals surface area (Å²) in [7, 11) is -3.76. The second kappa shape index (κ2) is 12.1. The van der Waals surface area contributed by atoms with E-state index in [1.54, 1.807) is 4.57 Å². The van der Waals surface area contributed by atoms with E-state index < -0.39 is 39.6 Å². The van der Waals surface area contributed by atoms with Crippen LogP contribution in [0.4, 0.5) is 0 Å². The van der Waals surface area contributed by atoms with Crippen molar-refractivity contribution >= 4 is 33.0 Å². The summed E-state index contributed by atoms with van der Waals surface area (Å²) in [5, 5.41) is 0. The van der Waals surface area contributed by atoms with Crippen LogP contribution in [0.25, 0.3) is 11.2 Å². The first-order valence-electron chi connectivity index (χ1n) is 13.6. The second-order valence-electron chi connectivity index (χ2n) is 9.94. The van der Waals surface area contributed by atoms with Gasteiger partial charge in [-0.1, -0.05) is 42.8 Å². The lowest BCUT2D eigenvalue weighted by atomic mass is 10.2. The van der Waals surface area contributed by atoms with Gasteiger partial charge in [-0.3, -0.25) is 29.8 Å². The van der Waals surface area contributed by atoms with Gasteiger partial charge in [-0.25, -0.2) is 22.8 Å². The van der Waals surface area contributed by atoms with Crippen molar-refractivity contribution in [3.05, 3.63) is 92.9 Å². The van der Waals surface area contributed by atoms with Crippen LogP contribution < -0.4 is 22.1 Å². The first-order chi connectivity index (χ1) is 20.2. The lowest BCUT2D eigenvalue weighted by molar-refractivity contribution is -0.122. The van der Waals surface area contributed by atoms with Crippen LogP contribution in [0.1, 0.15) is 42.1 Å². The van der Waals surface area contributed by atoms with Gasteiger partial charge in [0.1, 0.15) is 6.54 Å². The van der Waals surface area contributed by atoms with E-state index in [0.717, 1.165) is 29.4 Å². The quantitative estimate of drug-likeness (QED) is 0.289. The average Bonchev–Trinajstić information content (AvgIpc) is 3.45. The molecule has 1 saturated heterocycles. The van der Waals surface area contributed by atoms with Crippen molar-refractivity contribution in [2.24, 2.45) is 0 Å². The van der Waals surface area contributed by atoms with Crippen molar-refractivity contribution in [1.82, 2.24) is 33.8 Å². The summed E-state index contributed by atoms with van der Waals surface area (Å²) in [6.07, 6.45) is 3.99. The van der Waals surface area contributed by atoms with Gasteiger partial charge >= 0.3 is 5.69 Å². The number of hydrogen-bond donors (Lipinski definition) is 2. The predicted molar refractivity (Wildman–Crippen MR) is 154 cm³/mol. The van der Waals surface area contributed by atoms with Crippen LogP contribution in [0, 0.1) is 0 Å². The lowest BCUT2D eigenvalue weighted by Crippen LogP contribution is -2.48. The number of carbonyl (C=O) groups is 2. The van der Waals surface area contributed by atoms with Gasteiger partial charge in [0.15, 0.2) is 11.2 Å². The molecular weight excluding hydrogens is 562 g/mol. The van der Waals surface area contributed by atoms with E-state index in [9.17, 15) is 27.6 Å². The van der Waals surface area contributed by atoms with Crippen LogP contribution >= 0.6 is 0 Å². The van der Waals surface area contributed by atoms with Gasteiger partial charge in [0.05, 0.1) is 17.8 Å². The number of fused-ring (bicyclic) bond motifs is 1. The maximum Gasteiger partial charge on any atom is 0.333 e. The second-order valence-corrected chi connectivity index (χ2v) is 11.9. The highest BCUT2D eigenvalue weighted by molar-refractivity contribution is 7.89. The highest BCUT2D eigenvalue weighted by Crippen LogP contribution is 2.21. The molecule has 1 fully saturated rings. The van der Waals surface area contributed by atoms with E-state index in [4.69, 9.17) is 0 Å². The molecule has 0 bridgehead atoms. The summed E-state index contributed by atoms with van der Waals surface area (Å²) in [6.45, 7) is 2.56. The Balaban J connectivity index is 1.35. The van der Waals surface area contributed by atoms with E-state index in [1.807, 2.05) is 37.3 Å². The molecule has 1 aliphatic rings. The minimum Gasteiger partial charge on any atom is -0.325 e. The number of nitrogens with one attached hydrogen (secondary N) is 2. The number of imidazole rings is 1. The van der Waals surface area contributed by atoms with Gasteiger partial charge in [0.2, 0.25) is 10.0 Å². The third kappa shape index (κ3) is 5.76. The zero-order chi connectivity index (χ0) is 29.9. The molecule has 42 heavy (non-hydrogen) atoms. The molecule has 3 heterocycles. The number of sulfonamides is 1. The monoisotopic (exact) mass is 593 g/mol. The Labute approximate surface area is 241 Å². The minimum atomic E-state index is -3.76. The van der Waals surface area contributed by atoms with Crippen molar-refractivity contribution in [2.75, 3.05) is 13.1 Å². The Bertz CT molecular complexity index is 1860. The molecule has 2 aromatic heterocycles.